The summed E-state index contributed by atoms with van der Waals surface area (Å²) in [4.78, 5) is 11.2. The Balaban J connectivity index is 2.19. The number of carbonyl (C=O) groups is 1. The fraction of sp³-hybridized carbons (Fsp3) is 0.500. The number of halogens is 1. The Kier molecular flexibility index (Phi) is 4.53. The van der Waals surface area contributed by atoms with E-state index < -0.39 is 0 Å². The standard InChI is InChI=1S/C8H11BrN2O2/c9-4-1-2-5-10-8(12)7-3-6-13-11-7/h3,6H,1-2,4-5H2,(H,10,12). The highest BCUT2D eigenvalue weighted by Gasteiger charge is 2.06. The first-order valence-corrected chi connectivity index (χ1v) is 5.21. The van der Waals surface area contributed by atoms with Gasteiger partial charge in [0, 0.05) is 17.9 Å². The highest BCUT2D eigenvalue weighted by molar-refractivity contribution is 9.09. The minimum Gasteiger partial charge on any atom is -0.364 e. The summed E-state index contributed by atoms with van der Waals surface area (Å²) in [7, 11) is 0. The molecule has 0 radical (unpaired) electrons. The summed E-state index contributed by atoms with van der Waals surface area (Å²) >= 11 is 3.32. The predicted molar refractivity (Wildman–Crippen MR) is 51.9 cm³/mol. The lowest BCUT2D eigenvalue weighted by atomic mass is 10.3. The molecule has 4 nitrogen and oxygen atoms in total. The van der Waals surface area contributed by atoms with Crippen LogP contribution in [-0.2, 0) is 0 Å². The van der Waals surface area contributed by atoms with Crippen LogP contribution in [0.2, 0.25) is 0 Å². The number of hydrogen-bond acceptors (Lipinski definition) is 3. The van der Waals surface area contributed by atoms with Gasteiger partial charge in [-0.2, -0.15) is 0 Å². The highest BCUT2D eigenvalue weighted by atomic mass is 79.9. The summed E-state index contributed by atoms with van der Waals surface area (Å²) in [5.74, 6) is -0.177. The van der Waals surface area contributed by atoms with Gasteiger partial charge >= 0.3 is 0 Å². The zero-order valence-corrected chi connectivity index (χ0v) is 8.71. The van der Waals surface area contributed by atoms with Crippen LogP contribution in [0.3, 0.4) is 0 Å². The van der Waals surface area contributed by atoms with Gasteiger partial charge in [-0.25, -0.2) is 0 Å². The third-order valence-electron chi connectivity index (χ3n) is 1.52. The molecule has 1 N–H and O–H groups in total. The fourth-order valence-electron chi connectivity index (χ4n) is 0.842. The molecule has 0 fully saturated rings. The largest absolute Gasteiger partial charge is 0.364 e. The molecule has 5 heteroatoms. The number of aromatic nitrogens is 1. The van der Waals surface area contributed by atoms with Crippen molar-refractivity contribution in [2.75, 3.05) is 11.9 Å². The normalized spacial score (nSPS) is 9.92. The number of nitrogens with one attached hydrogen (secondary N) is 1. The maximum Gasteiger partial charge on any atom is 0.273 e. The van der Waals surface area contributed by atoms with Crippen molar-refractivity contribution in [3.8, 4) is 0 Å². The van der Waals surface area contributed by atoms with Gasteiger partial charge in [0.2, 0.25) is 0 Å². The van der Waals surface area contributed by atoms with E-state index in [-0.39, 0.29) is 5.91 Å². The minimum absolute atomic E-state index is 0.177. The molecule has 72 valence electrons. The Hall–Kier alpha value is -0.840. The second kappa shape index (κ2) is 5.75. The molecule has 1 rings (SSSR count). The molecular formula is C8H11BrN2O2. The van der Waals surface area contributed by atoms with Crippen LogP contribution in [0.15, 0.2) is 16.9 Å². The van der Waals surface area contributed by atoms with E-state index in [1.807, 2.05) is 0 Å². The lowest BCUT2D eigenvalue weighted by Gasteiger charge is -2.00. The van der Waals surface area contributed by atoms with E-state index in [2.05, 4.69) is 30.9 Å². The molecule has 0 saturated carbocycles. The third-order valence-corrected chi connectivity index (χ3v) is 2.08. The van der Waals surface area contributed by atoms with Crippen molar-refractivity contribution < 1.29 is 9.32 Å². The van der Waals surface area contributed by atoms with Gasteiger partial charge in [-0.1, -0.05) is 21.1 Å². The molecule has 0 unspecified atom stereocenters. The molecule has 1 heterocycles. The summed E-state index contributed by atoms with van der Waals surface area (Å²) in [6, 6.07) is 1.54. The number of nitrogens with zero attached hydrogens (tertiary/aromatic N) is 1. The summed E-state index contributed by atoms with van der Waals surface area (Å²) in [5.41, 5.74) is 0.332. The first-order chi connectivity index (χ1) is 6.34. The van der Waals surface area contributed by atoms with Crippen LogP contribution in [0, 0.1) is 0 Å². The molecule has 0 bridgehead atoms. The molecule has 0 saturated heterocycles. The smallest absolute Gasteiger partial charge is 0.273 e. The van der Waals surface area contributed by atoms with Gasteiger partial charge in [-0.3, -0.25) is 4.79 Å². The lowest BCUT2D eigenvalue weighted by Crippen LogP contribution is -2.24. The van der Waals surface area contributed by atoms with E-state index >= 15 is 0 Å². The average Bonchev–Trinajstić information content (AvgIpc) is 2.65. The fourth-order valence-corrected chi connectivity index (χ4v) is 1.24. The SMILES string of the molecule is O=C(NCCCCBr)c1ccon1. The molecule has 0 aliphatic heterocycles. The number of alkyl halides is 1. The number of unbranched alkanes of at least 4 members (excludes halogenated alkanes) is 1. The maximum atomic E-state index is 11.2. The van der Waals surface area contributed by atoms with Crippen molar-refractivity contribution in [1.29, 1.82) is 0 Å². The topological polar surface area (TPSA) is 55.1 Å². The van der Waals surface area contributed by atoms with Crippen molar-refractivity contribution in [3.63, 3.8) is 0 Å². The van der Waals surface area contributed by atoms with Crippen molar-refractivity contribution in [2.24, 2.45) is 0 Å². The van der Waals surface area contributed by atoms with Crippen LogP contribution in [0.4, 0.5) is 0 Å². The van der Waals surface area contributed by atoms with Gasteiger partial charge in [0.05, 0.1) is 0 Å². The van der Waals surface area contributed by atoms with Crippen LogP contribution < -0.4 is 5.32 Å². The minimum atomic E-state index is -0.177. The molecule has 1 aromatic heterocycles. The summed E-state index contributed by atoms with van der Waals surface area (Å²) < 4.78 is 4.54. The quantitative estimate of drug-likeness (QED) is 0.634. The Labute approximate surface area is 84.8 Å². The molecule has 1 aromatic rings. The zero-order chi connectivity index (χ0) is 9.52. The number of amides is 1. The molecule has 0 aliphatic rings. The molecule has 0 aliphatic carbocycles. The Morgan fingerprint density at radius 2 is 2.46 bits per heavy atom. The molecule has 0 aromatic carbocycles. The Bertz CT molecular complexity index is 249. The van der Waals surface area contributed by atoms with E-state index in [1.54, 1.807) is 6.07 Å². The third kappa shape index (κ3) is 3.59. The van der Waals surface area contributed by atoms with Gasteiger partial charge in [0.1, 0.15) is 6.26 Å². The predicted octanol–water partition coefficient (Wildman–Crippen LogP) is 1.58. The molecule has 0 atom stereocenters. The van der Waals surface area contributed by atoms with Gasteiger partial charge in [-0.05, 0) is 12.8 Å². The van der Waals surface area contributed by atoms with Crippen LogP contribution in [0.25, 0.3) is 0 Å². The van der Waals surface area contributed by atoms with Crippen molar-refractivity contribution in [1.82, 2.24) is 10.5 Å². The maximum absolute atomic E-state index is 11.2. The van der Waals surface area contributed by atoms with Gasteiger partial charge in [0.25, 0.3) is 5.91 Å². The summed E-state index contributed by atoms with van der Waals surface area (Å²) in [6.07, 6.45) is 3.40. The van der Waals surface area contributed by atoms with E-state index in [0.29, 0.717) is 12.2 Å². The van der Waals surface area contributed by atoms with Crippen LogP contribution in [0.1, 0.15) is 23.3 Å². The zero-order valence-electron chi connectivity index (χ0n) is 7.12. The monoisotopic (exact) mass is 246 g/mol. The van der Waals surface area contributed by atoms with E-state index in [0.717, 1.165) is 18.2 Å². The van der Waals surface area contributed by atoms with Crippen molar-refractivity contribution in [3.05, 3.63) is 18.0 Å². The van der Waals surface area contributed by atoms with Crippen molar-refractivity contribution in [2.45, 2.75) is 12.8 Å². The lowest BCUT2D eigenvalue weighted by molar-refractivity contribution is 0.0944. The summed E-state index contributed by atoms with van der Waals surface area (Å²) in [5, 5.41) is 7.22. The van der Waals surface area contributed by atoms with E-state index in [1.165, 1.54) is 6.26 Å². The van der Waals surface area contributed by atoms with Crippen LogP contribution in [0.5, 0.6) is 0 Å². The van der Waals surface area contributed by atoms with Crippen LogP contribution in [-0.4, -0.2) is 22.9 Å². The molecule has 1 amide bonds. The molecular weight excluding hydrogens is 236 g/mol. The Morgan fingerprint density at radius 1 is 1.62 bits per heavy atom. The number of rotatable bonds is 5. The first-order valence-electron chi connectivity index (χ1n) is 4.09. The molecule has 13 heavy (non-hydrogen) atoms. The van der Waals surface area contributed by atoms with E-state index in [9.17, 15) is 4.79 Å². The summed E-state index contributed by atoms with van der Waals surface area (Å²) in [6.45, 7) is 0.678. The van der Waals surface area contributed by atoms with Gasteiger partial charge in [-0.15, -0.1) is 0 Å². The second-order valence-corrected chi connectivity index (χ2v) is 3.33. The number of carbonyl (C=O) groups excluding carboxylic acids is 1. The van der Waals surface area contributed by atoms with Gasteiger partial charge < -0.3 is 9.84 Å². The van der Waals surface area contributed by atoms with Gasteiger partial charge in [0.15, 0.2) is 5.69 Å². The van der Waals surface area contributed by atoms with E-state index in [4.69, 9.17) is 0 Å². The average molecular weight is 247 g/mol. The molecule has 0 spiro atoms. The van der Waals surface area contributed by atoms with Crippen LogP contribution >= 0.6 is 15.9 Å². The number of hydrogen-bond donors (Lipinski definition) is 1. The Morgan fingerprint density at radius 3 is 3.08 bits per heavy atom. The first kappa shape index (κ1) is 10.2. The van der Waals surface area contributed by atoms with Crippen molar-refractivity contribution >= 4 is 21.8 Å². The second-order valence-electron chi connectivity index (χ2n) is 2.54. The highest BCUT2D eigenvalue weighted by Crippen LogP contribution is 1.95.